The Bertz CT molecular complexity index is 1130. The number of hydrogen-bond donors (Lipinski definition) is 1. The smallest absolute Gasteiger partial charge is 0.278 e. The van der Waals surface area contributed by atoms with E-state index in [4.69, 9.17) is 0 Å². The first-order chi connectivity index (χ1) is 14.5. The molecule has 150 valence electrons. The third-order valence-electron chi connectivity index (χ3n) is 4.64. The van der Waals surface area contributed by atoms with Gasteiger partial charge in [-0.3, -0.25) is 14.5 Å². The number of anilines is 1. The Morgan fingerprint density at radius 2 is 1.63 bits per heavy atom. The lowest BCUT2D eigenvalue weighted by Crippen LogP contribution is -2.31. The van der Waals surface area contributed by atoms with Crippen molar-refractivity contribution in [3.63, 3.8) is 0 Å². The van der Waals surface area contributed by atoms with Crippen LogP contribution in [0.5, 0.6) is 0 Å². The van der Waals surface area contributed by atoms with Crippen molar-refractivity contribution in [1.82, 2.24) is 4.90 Å². The zero-order chi connectivity index (χ0) is 21.1. The molecule has 6 heteroatoms. The first-order valence-corrected chi connectivity index (χ1v) is 11.0. The molecule has 0 saturated carbocycles. The Morgan fingerprint density at radius 3 is 2.33 bits per heavy atom. The molecule has 3 aromatic rings. The van der Waals surface area contributed by atoms with Gasteiger partial charge in [-0.05, 0) is 42.8 Å². The number of amides is 2. The summed E-state index contributed by atoms with van der Waals surface area (Å²) in [6.07, 6.45) is 0. The van der Waals surface area contributed by atoms with Crippen LogP contribution < -0.4 is 5.32 Å². The first kappa shape index (κ1) is 20.4. The summed E-state index contributed by atoms with van der Waals surface area (Å²) in [5, 5.41) is 3.18. The molecule has 3 aromatic carbocycles. The zero-order valence-corrected chi connectivity index (χ0v) is 18.7. The molecule has 30 heavy (non-hydrogen) atoms. The summed E-state index contributed by atoms with van der Waals surface area (Å²) in [6.45, 7) is 2.25. The molecule has 1 heterocycles. The van der Waals surface area contributed by atoms with E-state index >= 15 is 0 Å². The average Bonchev–Trinajstić information content (AvgIpc) is 2.95. The van der Waals surface area contributed by atoms with Crippen molar-refractivity contribution in [2.24, 2.45) is 0 Å². The number of aryl methyl sites for hydroxylation is 1. The van der Waals surface area contributed by atoms with Gasteiger partial charge in [-0.1, -0.05) is 81.8 Å². The summed E-state index contributed by atoms with van der Waals surface area (Å²) in [5.41, 5.74) is 3.09. The number of halogens is 1. The minimum absolute atomic E-state index is 0.236. The molecular formula is C24H19BrN2O2S. The predicted molar refractivity (Wildman–Crippen MR) is 124 cm³/mol. The molecule has 1 aliphatic rings. The number of imide groups is 1. The van der Waals surface area contributed by atoms with Crippen LogP contribution >= 0.6 is 27.7 Å². The fourth-order valence-corrected chi connectivity index (χ4v) is 4.45. The highest BCUT2D eigenvalue weighted by atomic mass is 79.9. The summed E-state index contributed by atoms with van der Waals surface area (Å²) in [7, 11) is 0. The maximum absolute atomic E-state index is 13.2. The van der Waals surface area contributed by atoms with Crippen molar-refractivity contribution >= 4 is 45.2 Å². The number of rotatable bonds is 6. The van der Waals surface area contributed by atoms with Crippen LogP contribution in [-0.2, 0) is 16.1 Å². The molecule has 0 aromatic heterocycles. The number of hydrogen-bond acceptors (Lipinski definition) is 4. The molecule has 2 amide bonds. The quantitative estimate of drug-likeness (QED) is 0.458. The van der Waals surface area contributed by atoms with Gasteiger partial charge >= 0.3 is 0 Å². The van der Waals surface area contributed by atoms with Crippen LogP contribution in [0.15, 0.2) is 98.8 Å². The van der Waals surface area contributed by atoms with Gasteiger partial charge in [0.15, 0.2) is 0 Å². The van der Waals surface area contributed by atoms with E-state index < -0.39 is 0 Å². The second kappa shape index (κ2) is 8.90. The third-order valence-corrected chi connectivity index (χ3v) is 6.23. The number of thioether (sulfide) groups is 1. The van der Waals surface area contributed by atoms with E-state index in [2.05, 4.69) is 21.2 Å². The van der Waals surface area contributed by atoms with Gasteiger partial charge in [-0.2, -0.15) is 0 Å². The van der Waals surface area contributed by atoms with Gasteiger partial charge in [0.05, 0.1) is 6.54 Å². The fraction of sp³-hybridized carbons (Fsp3) is 0.0833. The van der Waals surface area contributed by atoms with E-state index in [-0.39, 0.29) is 18.4 Å². The van der Waals surface area contributed by atoms with Crippen molar-refractivity contribution in [3.8, 4) is 0 Å². The highest BCUT2D eigenvalue weighted by molar-refractivity contribution is 9.10. The molecule has 0 fully saturated rings. The number of benzene rings is 3. The van der Waals surface area contributed by atoms with Crippen LogP contribution in [0.4, 0.5) is 5.69 Å². The summed E-state index contributed by atoms with van der Waals surface area (Å²) in [5.74, 6) is -0.606. The molecule has 4 nitrogen and oxygen atoms in total. The maximum Gasteiger partial charge on any atom is 0.278 e. The summed E-state index contributed by atoms with van der Waals surface area (Å²) < 4.78 is 0.888. The topological polar surface area (TPSA) is 49.4 Å². The summed E-state index contributed by atoms with van der Waals surface area (Å²) >= 11 is 4.76. The van der Waals surface area contributed by atoms with Crippen LogP contribution in [0.25, 0.3) is 0 Å². The van der Waals surface area contributed by atoms with Crippen LogP contribution in [0.1, 0.15) is 11.1 Å². The maximum atomic E-state index is 13.2. The minimum atomic E-state index is -0.321. The van der Waals surface area contributed by atoms with Gasteiger partial charge in [0.2, 0.25) is 0 Å². The van der Waals surface area contributed by atoms with E-state index in [1.807, 2.05) is 85.8 Å². The minimum Gasteiger partial charge on any atom is -0.350 e. The highest BCUT2D eigenvalue weighted by Crippen LogP contribution is 2.36. The molecule has 0 bridgehead atoms. The van der Waals surface area contributed by atoms with Gasteiger partial charge in [0.1, 0.15) is 10.6 Å². The molecule has 0 aliphatic carbocycles. The van der Waals surface area contributed by atoms with Gasteiger partial charge in [-0.15, -0.1) is 0 Å². The van der Waals surface area contributed by atoms with E-state index in [9.17, 15) is 9.59 Å². The molecule has 0 spiro atoms. The molecule has 0 radical (unpaired) electrons. The second-order valence-corrected chi connectivity index (χ2v) is 8.94. The Kier molecular flexibility index (Phi) is 6.06. The Balaban J connectivity index is 1.68. The van der Waals surface area contributed by atoms with Crippen molar-refractivity contribution in [3.05, 3.63) is 105 Å². The SMILES string of the molecule is Cc1ccc(SC2=C(Nc3cccc(Br)c3)C(=O)N(Cc3ccccc3)C2=O)cc1. The van der Waals surface area contributed by atoms with Gasteiger partial charge in [0.25, 0.3) is 11.8 Å². The van der Waals surface area contributed by atoms with Crippen molar-refractivity contribution in [1.29, 1.82) is 0 Å². The van der Waals surface area contributed by atoms with Crippen molar-refractivity contribution in [2.45, 2.75) is 18.4 Å². The molecule has 1 N–H and O–H groups in total. The zero-order valence-electron chi connectivity index (χ0n) is 16.3. The summed E-state index contributed by atoms with van der Waals surface area (Å²) in [4.78, 5) is 29.1. The lowest BCUT2D eigenvalue weighted by molar-refractivity contribution is -0.137. The molecule has 1 aliphatic heterocycles. The molecule has 0 saturated heterocycles. The van der Waals surface area contributed by atoms with Crippen LogP contribution in [0.2, 0.25) is 0 Å². The van der Waals surface area contributed by atoms with E-state index in [1.165, 1.54) is 16.7 Å². The monoisotopic (exact) mass is 478 g/mol. The highest BCUT2D eigenvalue weighted by Gasteiger charge is 2.39. The van der Waals surface area contributed by atoms with Gasteiger partial charge < -0.3 is 5.32 Å². The Labute approximate surface area is 188 Å². The normalized spacial score (nSPS) is 13.9. The molecule has 0 atom stereocenters. The van der Waals surface area contributed by atoms with E-state index in [0.29, 0.717) is 10.6 Å². The summed E-state index contributed by atoms with van der Waals surface area (Å²) in [6, 6.07) is 25.0. The van der Waals surface area contributed by atoms with Gasteiger partial charge in [0, 0.05) is 15.1 Å². The average molecular weight is 479 g/mol. The number of carbonyl (C=O) groups excluding carboxylic acids is 2. The third kappa shape index (κ3) is 4.50. The van der Waals surface area contributed by atoms with Crippen LogP contribution in [-0.4, -0.2) is 16.7 Å². The Hall–Kier alpha value is -2.83. The van der Waals surface area contributed by atoms with Gasteiger partial charge in [-0.25, -0.2) is 0 Å². The predicted octanol–water partition coefficient (Wildman–Crippen LogP) is 5.74. The lowest BCUT2D eigenvalue weighted by Gasteiger charge is -2.15. The van der Waals surface area contributed by atoms with Crippen molar-refractivity contribution in [2.75, 3.05) is 5.32 Å². The van der Waals surface area contributed by atoms with E-state index in [0.717, 1.165) is 26.2 Å². The second-order valence-electron chi connectivity index (χ2n) is 6.94. The van der Waals surface area contributed by atoms with Crippen LogP contribution in [0.3, 0.4) is 0 Å². The molecule has 4 rings (SSSR count). The number of nitrogens with zero attached hydrogens (tertiary/aromatic N) is 1. The number of carbonyl (C=O) groups is 2. The standard InChI is InChI=1S/C24H19BrN2O2S/c1-16-10-12-20(13-11-16)30-22-21(26-19-9-5-8-18(25)14-19)23(28)27(24(22)29)15-17-6-3-2-4-7-17/h2-14,26H,15H2,1H3. The van der Waals surface area contributed by atoms with Crippen molar-refractivity contribution < 1.29 is 9.59 Å². The van der Waals surface area contributed by atoms with Crippen LogP contribution in [0, 0.1) is 6.92 Å². The Morgan fingerprint density at radius 1 is 0.900 bits per heavy atom. The molecule has 0 unspecified atom stereocenters. The fourth-order valence-electron chi connectivity index (χ4n) is 3.10. The van der Waals surface area contributed by atoms with E-state index in [1.54, 1.807) is 0 Å². The largest absolute Gasteiger partial charge is 0.350 e. The first-order valence-electron chi connectivity index (χ1n) is 9.43. The lowest BCUT2D eigenvalue weighted by atomic mass is 10.2. The molecular weight excluding hydrogens is 460 g/mol. The number of nitrogens with one attached hydrogen (secondary N) is 1.